The van der Waals surface area contributed by atoms with Gasteiger partial charge in [-0.05, 0) is 69.3 Å². The van der Waals surface area contributed by atoms with E-state index in [-0.39, 0.29) is 11.6 Å². The Morgan fingerprint density at radius 3 is 2.30 bits per heavy atom. The Hall–Kier alpha value is -1.99. The fourth-order valence-electron chi connectivity index (χ4n) is 3.91. The monoisotopic (exact) mass is 374 g/mol. The number of piperazine rings is 1. The van der Waals surface area contributed by atoms with Crippen molar-refractivity contribution in [3.05, 3.63) is 35.7 Å². The molecule has 0 spiro atoms. The minimum Gasteiger partial charge on any atom is -0.494 e. The van der Waals surface area contributed by atoms with E-state index in [1.54, 1.807) is 4.90 Å². The van der Waals surface area contributed by atoms with Crippen LogP contribution in [0.5, 0.6) is 5.75 Å². The first-order chi connectivity index (χ1) is 12.9. The second kappa shape index (κ2) is 8.35. The van der Waals surface area contributed by atoms with Crippen LogP contribution in [0.3, 0.4) is 0 Å². The molecule has 0 bridgehead atoms. The number of likely N-dealkylation sites (N-methyl/N-ethyl adjacent to an activating group) is 1. The third kappa shape index (κ3) is 4.47. The molecule has 2 heterocycles. The van der Waals surface area contributed by atoms with E-state index in [2.05, 4.69) is 67.5 Å². The lowest BCUT2D eigenvalue weighted by Gasteiger charge is -2.34. The van der Waals surface area contributed by atoms with Crippen molar-refractivity contribution < 1.29 is 14.5 Å². The molecule has 1 aromatic carbocycles. The number of nitrogens with zero attached hydrogens (tertiary/aromatic N) is 4. The van der Waals surface area contributed by atoms with E-state index in [1.807, 2.05) is 11.6 Å². The molecule has 7 nitrogen and oxygen atoms in total. The fraction of sp³-hybridized carbons (Fsp3) is 0.650. The molecule has 1 fully saturated rings. The van der Waals surface area contributed by atoms with Gasteiger partial charge in [0, 0.05) is 5.56 Å². The molecule has 0 saturated carbocycles. The smallest absolute Gasteiger partial charge is 0.214 e. The first kappa shape index (κ1) is 19.8. The second-order valence-corrected chi connectivity index (χ2v) is 8.32. The van der Waals surface area contributed by atoms with Crippen LogP contribution in [0, 0.1) is 0 Å². The second-order valence-electron chi connectivity index (χ2n) is 8.32. The first-order valence-corrected chi connectivity index (χ1v) is 10.1. The summed E-state index contributed by atoms with van der Waals surface area (Å²) in [6.45, 7) is 17.2. The van der Waals surface area contributed by atoms with Crippen molar-refractivity contribution in [2.45, 2.75) is 46.2 Å². The van der Waals surface area contributed by atoms with Gasteiger partial charge in [0.05, 0.1) is 18.7 Å². The maximum atomic E-state index is 5.63. The van der Waals surface area contributed by atoms with Gasteiger partial charge < -0.3 is 14.5 Å². The summed E-state index contributed by atoms with van der Waals surface area (Å²) >= 11 is 0. The maximum absolute atomic E-state index is 5.63. The molecule has 0 amide bonds. The third-order valence-electron chi connectivity index (χ3n) is 5.42. The van der Waals surface area contributed by atoms with Gasteiger partial charge in [0.25, 0.3) is 0 Å². The van der Waals surface area contributed by atoms with Crippen molar-refractivity contribution in [1.82, 2.24) is 20.2 Å². The van der Waals surface area contributed by atoms with E-state index in [1.165, 1.54) is 30.1 Å². The summed E-state index contributed by atoms with van der Waals surface area (Å²) in [7, 11) is 0. The highest BCUT2D eigenvalue weighted by molar-refractivity contribution is 5.30. The average Bonchev–Trinajstić information content (AvgIpc) is 3.14. The number of ether oxygens (including phenoxy) is 1. The Morgan fingerprint density at radius 1 is 1.07 bits per heavy atom. The van der Waals surface area contributed by atoms with Crippen molar-refractivity contribution >= 4 is 0 Å². The molecule has 2 N–H and O–H groups in total. The zero-order chi connectivity index (χ0) is 19.4. The number of nitrogens with one attached hydrogen (secondary N) is 2. The number of rotatable bonds is 6. The van der Waals surface area contributed by atoms with E-state index in [9.17, 15) is 0 Å². The summed E-state index contributed by atoms with van der Waals surface area (Å²) in [4.78, 5) is 3.22. The highest BCUT2D eigenvalue weighted by atomic mass is 16.5. The Morgan fingerprint density at radius 2 is 1.74 bits per heavy atom. The topological polar surface area (TPSA) is 61.7 Å². The molecule has 27 heavy (non-hydrogen) atoms. The summed E-state index contributed by atoms with van der Waals surface area (Å²) < 4.78 is 7.61. The quantitative estimate of drug-likeness (QED) is 0.730. The Balaban J connectivity index is 1.96. The number of aromatic nitrogens is 4. The largest absolute Gasteiger partial charge is 0.494 e. The van der Waals surface area contributed by atoms with E-state index < -0.39 is 0 Å². The number of quaternary nitrogens is 2. The van der Waals surface area contributed by atoms with Crippen molar-refractivity contribution in [2.24, 2.45) is 0 Å². The molecule has 3 rings (SSSR count). The molecule has 0 aliphatic carbocycles. The van der Waals surface area contributed by atoms with Gasteiger partial charge in [0.15, 0.2) is 6.04 Å². The van der Waals surface area contributed by atoms with Crippen LogP contribution in [0.4, 0.5) is 0 Å². The molecule has 148 valence electrons. The molecular formula is C20H34N6O+2. The van der Waals surface area contributed by atoms with E-state index in [0.29, 0.717) is 6.61 Å². The van der Waals surface area contributed by atoms with Crippen LogP contribution >= 0.6 is 0 Å². The molecule has 1 saturated heterocycles. The summed E-state index contributed by atoms with van der Waals surface area (Å²) in [5.74, 6) is 1.85. The fourth-order valence-corrected chi connectivity index (χ4v) is 3.91. The molecule has 0 radical (unpaired) electrons. The van der Waals surface area contributed by atoms with Gasteiger partial charge in [-0.3, -0.25) is 0 Å². The number of tetrazole rings is 1. The molecule has 1 aliphatic rings. The summed E-state index contributed by atoms with van der Waals surface area (Å²) in [6.07, 6.45) is 0. The summed E-state index contributed by atoms with van der Waals surface area (Å²) in [5.41, 5.74) is 1.09. The van der Waals surface area contributed by atoms with Crippen LogP contribution in [-0.2, 0) is 5.54 Å². The highest BCUT2D eigenvalue weighted by Crippen LogP contribution is 2.24. The van der Waals surface area contributed by atoms with Gasteiger partial charge >= 0.3 is 0 Å². The molecule has 1 atom stereocenters. The van der Waals surface area contributed by atoms with Crippen LogP contribution < -0.4 is 14.5 Å². The molecule has 1 aliphatic heterocycles. The van der Waals surface area contributed by atoms with Crippen molar-refractivity contribution in [2.75, 3.05) is 39.3 Å². The van der Waals surface area contributed by atoms with Crippen LogP contribution in [0.25, 0.3) is 0 Å². The molecule has 0 unspecified atom stereocenters. The van der Waals surface area contributed by atoms with Gasteiger partial charge in [0.2, 0.25) is 5.82 Å². The van der Waals surface area contributed by atoms with E-state index in [0.717, 1.165) is 24.7 Å². The van der Waals surface area contributed by atoms with E-state index >= 15 is 0 Å². The third-order valence-corrected chi connectivity index (χ3v) is 5.42. The van der Waals surface area contributed by atoms with Crippen LogP contribution in [-0.4, -0.2) is 59.5 Å². The predicted molar refractivity (Wildman–Crippen MR) is 104 cm³/mol. The molecular weight excluding hydrogens is 340 g/mol. The Bertz CT molecular complexity index is 713. The molecule has 1 aromatic heterocycles. The standard InChI is InChI=1S/C20H32N6O/c1-6-24-12-14-25(15-13-24)18(16-8-10-17(11-9-16)27-7-2)19-21-22-23-26(19)20(3,4)5/h8-11,18H,6-7,12-15H2,1-5H3/p+2/t18-/m0/s1. The van der Waals surface area contributed by atoms with Gasteiger partial charge in [0.1, 0.15) is 31.9 Å². The SMILES string of the molecule is CCOc1ccc([C@@H](c2nnnn2C(C)(C)C)[NH+]2CC[NH+](CC)CC2)cc1. The molecule has 7 heteroatoms. The zero-order valence-corrected chi connectivity index (χ0v) is 17.3. The van der Waals surface area contributed by atoms with Crippen molar-refractivity contribution in [1.29, 1.82) is 0 Å². The minimum absolute atomic E-state index is 0.133. The highest BCUT2D eigenvalue weighted by Gasteiger charge is 2.37. The lowest BCUT2D eigenvalue weighted by atomic mass is 10.0. The minimum atomic E-state index is -0.154. The number of hydrogen-bond acceptors (Lipinski definition) is 4. The van der Waals surface area contributed by atoms with E-state index in [4.69, 9.17) is 4.74 Å². The number of hydrogen-bond donors (Lipinski definition) is 2. The normalized spacial score (nSPS) is 21.8. The van der Waals surface area contributed by atoms with Gasteiger partial charge in [-0.2, -0.15) is 0 Å². The molecule has 2 aromatic rings. The lowest BCUT2D eigenvalue weighted by Crippen LogP contribution is -3.28. The van der Waals surface area contributed by atoms with Crippen molar-refractivity contribution in [3.8, 4) is 5.75 Å². The van der Waals surface area contributed by atoms with Gasteiger partial charge in [-0.1, -0.05) is 0 Å². The Kier molecular flexibility index (Phi) is 6.11. The van der Waals surface area contributed by atoms with Gasteiger partial charge in [-0.15, -0.1) is 5.10 Å². The van der Waals surface area contributed by atoms with Crippen LogP contribution in [0.15, 0.2) is 24.3 Å². The summed E-state index contributed by atoms with van der Waals surface area (Å²) in [6, 6.07) is 8.59. The average molecular weight is 375 g/mol. The predicted octanol–water partition coefficient (Wildman–Crippen LogP) is -0.280. The van der Waals surface area contributed by atoms with Crippen LogP contribution in [0.1, 0.15) is 52.0 Å². The van der Waals surface area contributed by atoms with Crippen molar-refractivity contribution in [3.63, 3.8) is 0 Å². The number of benzene rings is 1. The van der Waals surface area contributed by atoms with Gasteiger partial charge in [-0.25, -0.2) is 4.68 Å². The zero-order valence-electron chi connectivity index (χ0n) is 17.3. The first-order valence-electron chi connectivity index (χ1n) is 10.1. The maximum Gasteiger partial charge on any atom is 0.214 e. The van der Waals surface area contributed by atoms with Crippen LogP contribution in [0.2, 0.25) is 0 Å². The Labute approximate surface area is 162 Å². The summed E-state index contributed by atoms with van der Waals surface area (Å²) in [5, 5.41) is 12.8. The lowest BCUT2D eigenvalue weighted by molar-refractivity contribution is -1.02.